The Morgan fingerprint density at radius 3 is 2.79 bits per heavy atom. The summed E-state index contributed by atoms with van der Waals surface area (Å²) in [5.74, 6) is -0.424. The predicted octanol–water partition coefficient (Wildman–Crippen LogP) is 4.27. The molecule has 0 aliphatic rings. The summed E-state index contributed by atoms with van der Waals surface area (Å²) in [5.41, 5.74) is 2.40. The van der Waals surface area contributed by atoms with Crippen LogP contribution in [-0.4, -0.2) is 20.8 Å². The third kappa shape index (κ3) is 4.15. The molecule has 8 nitrogen and oxygen atoms in total. The van der Waals surface area contributed by atoms with Crippen molar-refractivity contribution in [2.24, 2.45) is 0 Å². The first kappa shape index (κ1) is 19.4. The summed E-state index contributed by atoms with van der Waals surface area (Å²) in [4.78, 5) is 32.5. The highest BCUT2D eigenvalue weighted by Gasteiger charge is 2.21. The molecule has 2 heterocycles. The first-order valence-electron chi connectivity index (χ1n) is 8.56. The zero-order valence-electron chi connectivity index (χ0n) is 15.4. The zero-order chi connectivity index (χ0) is 20.1. The van der Waals surface area contributed by atoms with E-state index in [-0.39, 0.29) is 24.1 Å². The molecule has 1 amide bonds. The molecule has 144 valence electrons. The van der Waals surface area contributed by atoms with E-state index in [4.69, 9.17) is 4.74 Å². The highest BCUT2D eigenvalue weighted by Crippen LogP contribution is 2.32. The van der Waals surface area contributed by atoms with Crippen molar-refractivity contribution in [3.63, 3.8) is 0 Å². The summed E-state index contributed by atoms with van der Waals surface area (Å²) in [5, 5.41) is 13.3. The van der Waals surface area contributed by atoms with Crippen LogP contribution in [0.4, 0.5) is 16.6 Å². The molecule has 0 saturated heterocycles. The van der Waals surface area contributed by atoms with Gasteiger partial charge in [0.1, 0.15) is 12.8 Å². The number of carbonyl (C=O) groups is 1. The number of nitrogens with zero attached hydrogens (tertiary/aromatic N) is 4. The molecule has 9 heteroatoms. The van der Waals surface area contributed by atoms with Crippen LogP contribution in [0.25, 0.3) is 0 Å². The Morgan fingerprint density at radius 1 is 1.29 bits per heavy atom. The summed E-state index contributed by atoms with van der Waals surface area (Å²) in [6.07, 6.45) is 2.12. The number of hydrogen-bond acceptors (Lipinski definition) is 7. The van der Waals surface area contributed by atoms with Gasteiger partial charge in [-0.3, -0.25) is 9.69 Å². The number of rotatable bonds is 7. The minimum Gasteiger partial charge on any atom is -0.479 e. The number of hydrogen-bond donors (Lipinski definition) is 0. The third-order valence-corrected chi connectivity index (χ3v) is 4.83. The molecular weight excluding hydrogens is 380 g/mol. The van der Waals surface area contributed by atoms with E-state index in [9.17, 15) is 14.9 Å². The van der Waals surface area contributed by atoms with Crippen molar-refractivity contribution in [3.05, 3.63) is 69.3 Å². The van der Waals surface area contributed by atoms with E-state index < -0.39 is 4.92 Å². The lowest BCUT2D eigenvalue weighted by Gasteiger charge is -2.20. The van der Waals surface area contributed by atoms with Crippen molar-refractivity contribution in [2.45, 2.75) is 26.9 Å². The van der Waals surface area contributed by atoms with Gasteiger partial charge >= 0.3 is 5.82 Å². The van der Waals surface area contributed by atoms with Gasteiger partial charge in [0.05, 0.1) is 11.4 Å². The molecule has 0 fully saturated rings. The predicted molar refractivity (Wildman–Crippen MR) is 106 cm³/mol. The van der Waals surface area contributed by atoms with Crippen molar-refractivity contribution >= 4 is 33.9 Å². The Kier molecular flexibility index (Phi) is 5.95. The second-order valence-corrected chi connectivity index (χ2v) is 6.67. The second kappa shape index (κ2) is 8.57. The van der Waals surface area contributed by atoms with E-state index in [0.29, 0.717) is 10.8 Å². The summed E-state index contributed by atoms with van der Waals surface area (Å²) in [6, 6.07) is 10.7. The number of anilines is 2. The molecule has 3 aromatic rings. The molecule has 0 N–H and O–H groups in total. The van der Waals surface area contributed by atoms with Gasteiger partial charge in [-0.2, -0.15) is 0 Å². The van der Waals surface area contributed by atoms with Crippen LogP contribution < -0.4 is 9.64 Å². The fourth-order valence-corrected chi connectivity index (χ4v) is 3.55. The zero-order valence-corrected chi connectivity index (χ0v) is 16.2. The molecule has 0 aliphatic heterocycles. The number of aromatic nitrogens is 2. The second-order valence-electron chi connectivity index (χ2n) is 5.83. The van der Waals surface area contributed by atoms with Crippen molar-refractivity contribution in [3.8, 4) is 5.75 Å². The topological polar surface area (TPSA) is 98.5 Å². The minimum absolute atomic E-state index is 0.0319. The molecule has 0 radical (unpaired) electrons. The third-order valence-electron chi connectivity index (χ3n) is 3.96. The van der Waals surface area contributed by atoms with Crippen molar-refractivity contribution in [1.29, 1.82) is 0 Å². The van der Waals surface area contributed by atoms with Gasteiger partial charge in [0, 0.05) is 12.3 Å². The SMILES string of the molecule is CCc1ccccc1N(C(C)=O)c1nc(COc2cccnc2[N+](=O)[O-])cs1. The monoisotopic (exact) mass is 398 g/mol. The van der Waals surface area contributed by atoms with Gasteiger partial charge in [-0.25, -0.2) is 4.98 Å². The van der Waals surface area contributed by atoms with Crippen LogP contribution >= 0.6 is 11.3 Å². The quantitative estimate of drug-likeness (QED) is 0.435. The maximum Gasteiger partial charge on any atom is 0.406 e. The number of para-hydroxylation sites is 1. The molecule has 3 rings (SSSR count). The average Bonchev–Trinajstić information content (AvgIpc) is 3.15. The summed E-state index contributed by atoms with van der Waals surface area (Å²) in [7, 11) is 0. The molecular formula is C19H18N4O4S. The van der Waals surface area contributed by atoms with Crippen LogP contribution in [0.3, 0.4) is 0 Å². The highest BCUT2D eigenvalue weighted by atomic mass is 32.1. The largest absolute Gasteiger partial charge is 0.479 e. The number of pyridine rings is 1. The van der Waals surface area contributed by atoms with Gasteiger partial charge in [0.25, 0.3) is 0 Å². The lowest BCUT2D eigenvalue weighted by molar-refractivity contribution is -0.390. The lowest BCUT2D eigenvalue weighted by Crippen LogP contribution is -2.23. The number of nitro groups is 1. The van der Waals surface area contributed by atoms with E-state index in [1.807, 2.05) is 31.2 Å². The summed E-state index contributed by atoms with van der Waals surface area (Å²) in [6.45, 7) is 3.55. The van der Waals surface area contributed by atoms with E-state index in [0.717, 1.165) is 17.7 Å². The maximum absolute atomic E-state index is 12.3. The molecule has 0 bridgehead atoms. The first-order valence-corrected chi connectivity index (χ1v) is 9.44. The Morgan fingerprint density at radius 2 is 2.07 bits per heavy atom. The Labute approximate surface area is 165 Å². The molecule has 0 spiro atoms. The standard InChI is InChI=1S/C19H18N4O4S/c1-3-14-7-4-5-8-16(14)22(13(2)24)19-21-15(12-28-19)11-27-17-9-6-10-20-18(17)23(25)26/h4-10,12H,3,11H2,1-2H3. The van der Waals surface area contributed by atoms with E-state index in [1.165, 1.54) is 30.5 Å². The van der Waals surface area contributed by atoms with Crippen LogP contribution in [-0.2, 0) is 17.8 Å². The number of benzene rings is 1. The molecule has 0 saturated carbocycles. The number of thiazole rings is 1. The summed E-state index contributed by atoms with van der Waals surface area (Å²) >= 11 is 1.31. The fraction of sp³-hybridized carbons (Fsp3) is 0.211. The van der Waals surface area contributed by atoms with Gasteiger partial charge < -0.3 is 14.9 Å². The molecule has 2 aromatic heterocycles. The van der Waals surface area contributed by atoms with Gasteiger partial charge in [-0.1, -0.05) is 25.1 Å². The van der Waals surface area contributed by atoms with Gasteiger partial charge in [0.2, 0.25) is 11.7 Å². The summed E-state index contributed by atoms with van der Waals surface area (Å²) < 4.78 is 5.53. The van der Waals surface area contributed by atoms with Crippen molar-refractivity contribution in [1.82, 2.24) is 9.97 Å². The number of aryl methyl sites for hydroxylation is 1. The fourth-order valence-electron chi connectivity index (χ4n) is 2.68. The van der Waals surface area contributed by atoms with E-state index in [1.54, 1.807) is 16.3 Å². The van der Waals surface area contributed by atoms with Gasteiger partial charge in [-0.15, -0.1) is 11.3 Å². The van der Waals surface area contributed by atoms with Gasteiger partial charge in [-0.05, 0) is 40.1 Å². The van der Waals surface area contributed by atoms with E-state index >= 15 is 0 Å². The molecule has 0 atom stereocenters. The van der Waals surface area contributed by atoms with Gasteiger partial charge in [0.15, 0.2) is 5.13 Å². The maximum atomic E-state index is 12.3. The smallest absolute Gasteiger partial charge is 0.406 e. The lowest BCUT2D eigenvalue weighted by atomic mass is 10.1. The highest BCUT2D eigenvalue weighted by molar-refractivity contribution is 7.14. The van der Waals surface area contributed by atoms with Crippen LogP contribution in [0.5, 0.6) is 5.75 Å². The molecule has 1 aromatic carbocycles. The van der Waals surface area contributed by atoms with Crippen molar-refractivity contribution < 1.29 is 14.5 Å². The van der Waals surface area contributed by atoms with Crippen LogP contribution in [0, 0.1) is 10.1 Å². The van der Waals surface area contributed by atoms with Crippen molar-refractivity contribution in [2.75, 3.05) is 4.90 Å². The Hall–Kier alpha value is -3.33. The molecule has 0 aliphatic carbocycles. The number of carbonyl (C=O) groups excluding carboxylic acids is 1. The van der Waals surface area contributed by atoms with Crippen LogP contribution in [0.2, 0.25) is 0 Å². The number of amides is 1. The normalized spacial score (nSPS) is 10.5. The van der Waals surface area contributed by atoms with E-state index in [2.05, 4.69) is 9.97 Å². The molecule has 0 unspecified atom stereocenters. The Balaban J connectivity index is 1.82. The van der Waals surface area contributed by atoms with Crippen LogP contribution in [0.1, 0.15) is 25.1 Å². The van der Waals surface area contributed by atoms with Crippen LogP contribution in [0.15, 0.2) is 48.0 Å². The number of ether oxygens (including phenoxy) is 1. The Bertz CT molecular complexity index is 1000. The molecule has 28 heavy (non-hydrogen) atoms. The minimum atomic E-state index is -0.596. The first-order chi connectivity index (χ1) is 13.5. The average molecular weight is 398 g/mol.